The Labute approximate surface area is 110 Å². The van der Waals surface area contributed by atoms with Crippen molar-refractivity contribution in [3.05, 3.63) is 47.0 Å². The van der Waals surface area contributed by atoms with Gasteiger partial charge in [-0.3, -0.25) is 0 Å². The molecule has 1 aromatic rings. The molecule has 0 amide bonds. The van der Waals surface area contributed by atoms with Gasteiger partial charge in [0.1, 0.15) is 0 Å². The number of aryl methyl sites for hydroxylation is 1. The highest BCUT2D eigenvalue weighted by Crippen LogP contribution is 2.37. The smallest absolute Gasteiger partial charge is 0.00765 e. The van der Waals surface area contributed by atoms with E-state index in [2.05, 4.69) is 30.3 Å². The minimum Gasteiger partial charge on any atom is -0.327 e. The fourth-order valence-corrected chi connectivity index (χ4v) is 3.48. The van der Waals surface area contributed by atoms with Crippen LogP contribution in [0.15, 0.2) is 35.9 Å². The van der Waals surface area contributed by atoms with Gasteiger partial charge in [0.25, 0.3) is 0 Å². The number of hydrogen-bond acceptors (Lipinski definition) is 1. The van der Waals surface area contributed by atoms with Crippen molar-refractivity contribution in [1.82, 2.24) is 0 Å². The van der Waals surface area contributed by atoms with E-state index in [1.54, 1.807) is 16.7 Å². The van der Waals surface area contributed by atoms with Crippen LogP contribution >= 0.6 is 0 Å². The van der Waals surface area contributed by atoms with Crippen LogP contribution in [-0.4, -0.2) is 6.04 Å². The predicted octanol–water partition coefficient (Wildman–Crippen LogP) is 3.93. The van der Waals surface area contributed by atoms with E-state index in [9.17, 15) is 0 Å². The molecule has 1 aromatic carbocycles. The van der Waals surface area contributed by atoms with Crippen molar-refractivity contribution in [1.29, 1.82) is 0 Å². The molecule has 1 heteroatoms. The van der Waals surface area contributed by atoms with Crippen molar-refractivity contribution in [3.63, 3.8) is 0 Å². The van der Waals surface area contributed by atoms with E-state index in [0.29, 0.717) is 6.04 Å². The summed E-state index contributed by atoms with van der Waals surface area (Å²) in [7, 11) is 0. The van der Waals surface area contributed by atoms with Gasteiger partial charge in [-0.25, -0.2) is 0 Å². The predicted molar refractivity (Wildman–Crippen MR) is 76.6 cm³/mol. The van der Waals surface area contributed by atoms with E-state index < -0.39 is 0 Å². The molecule has 2 atom stereocenters. The summed E-state index contributed by atoms with van der Waals surface area (Å²) in [5, 5.41) is 0. The first kappa shape index (κ1) is 12.0. The Kier molecular flexibility index (Phi) is 3.51. The summed E-state index contributed by atoms with van der Waals surface area (Å²) in [5.41, 5.74) is 10.8. The topological polar surface area (TPSA) is 26.0 Å². The van der Waals surface area contributed by atoms with E-state index in [-0.39, 0.29) is 0 Å². The van der Waals surface area contributed by atoms with Gasteiger partial charge in [0.2, 0.25) is 0 Å². The molecule has 18 heavy (non-hydrogen) atoms. The number of benzene rings is 1. The number of hydrogen-bond donors (Lipinski definition) is 1. The molecule has 2 unspecified atom stereocenters. The second-order valence-corrected chi connectivity index (χ2v) is 5.89. The van der Waals surface area contributed by atoms with E-state index in [1.807, 2.05) is 0 Å². The first-order chi connectivity index (χ1) is 8.83. The molecule has 0 spiro atoms. The first-order valence-corrected chi connectivity index (χ1v) is 7.34. The Morgan fingerprint density at radius 2 is 2.00 bits per heavy atom. The monoisotopic (exact) mass is 241 g/mol. The van der Waals surface area contributed by atoms with Crippen molar-refractivity contribution in [2.75, 3.05) is 0 Å². The normalized spacial score (nSPS) is 27.5. The Hall–Kier alpha value is -1.08. The largest absolute Gasteiger partial charge is 0.327 e. The molecule has 0 aromatic heterocycles. The van der Waals surface area contributed by atoms with Crippen LogP contribution in [0.25, 0.3) is 0 Å². The fraction of sp³-hybridized carbons (Fsp3) is 0.529. The molecule has 2 N–H and O–H groups in total. The summed E-state index contributed by atoms with van der Waals surface area (Å²) in [5.74, 6) is 0.760. The highest BCUT2D eigenvalue weighted by atomic mass is 14.6. The van der Waals surface area contributed by atoms with Crippen molar-refractivity contribution in [2.24, 2.45) is 5.73 Å². The van der Waals surface area contributed by atoms with Crippen LogP contribution in [0.3, 0.4) is 0 Å². The van der Waals surface area contributed by atoms with Crippen LogP contribution in [0.2, 0.25) is 0 Å². The molecule has 0 fully saturated rings. The lowest BCUT2D eigenvalue weighted by atomic mass is 9.78. The third-order valence-corrected chi connectivity index (χ3v) is 4.55. The lowest BCUT2D eigenvalue weighted by Gasteiger charge is -2.28. The van der Waals surface area contributed by atoms with Gasteiger partial charge >= 0.3 is 0 Å². The van der Waals surface area contributed by atoms with Crippen molar-refractivity contribution in [3.8, 4) is 0 Å². The van der Waals surface area contributed by atoms with Crippen molar-refractivity contribution < 1.29 is 0 Å². The lowest BCUT2D eigenvalue weighted by molar-refractivity contribution is 0.516. The highest BCUT2D eigenvalue weighted by molar-refractivity contribution is 5.33. The number of allylic oxidation sites excluding steroid dienone is 1. The summed E-state index contributed by atoms with van der Waals surface area (Å²) in [6.45, 7) is 0. The molecule has 0 heterocycles. The minimum atomic E-state index is 0.410. The Bertz CT molecular complexity index is 447. The van der Waals surface area contributed by atoms with Gasteiger partial charge in [-0.15, -0.1) is 0 Å². The summed E-state index contributed by atoms with van der Waals surface area (Å²) >= 11 is 0. The van der Waals surface area contributed by atoms with Gasteiger partial charge in [-0.05, 0) is 62.0 Å². The second kappa shape index (κ2) is 5.27. The van der Waals surface area contributed by atoms with Crippen LogP contribution in [-0.2, 0) is 6.42 Å². The summed E-state index contributed by atoms with van der Waals surface area (Å²) < 4.78 is 0. The zero-order chi connectivity index (χ0) is 12.4. The minimum absolute atomic E-state index is 0.410. The Balaban J connectivity index is 1.74. The van der Waals surface area contributed by atoms with Crippen molar-refractivity contribution >= 4 is 0 Å². The number of rotatable bonds is 2. The van der Waals surface area contributed by atoms with Gasteiger partial charge in [0, 0.05) is 6.04 Å². The zero-order valence-electron chi connectivity index (χ0n) is 11.1. The van der Waals surface area contributed by atoms with E-state index in [1.165, 1.54) is 38.5 Å². The number of fused-ring (bicyclic) bond motifs is 1. The highest BCUT2D eigenvalue weighted by Gasteiger charge is 2.21. The van der Waals surface area contributed by atoms with E-state index in [0.717, 1.165) is 12.3 Å². The summed E-state index contributed by atoms with van der Waals surface area (Å²) in [6.07, 6.45) is 11.2. The Morgan fingerprint density at radius 1 is 1.11 bits per heavy atom. The average Bonchev–Trinajstić information content (AvgIpc) is 2.42. The van der Waals surface area contributed by atoms with Crippen LogP contribution in [0.5, 0.6) is 0 Å². The van der Waals surface area contributed by atoms with E-state index >= 15 is 0 Å². The molecule has 2 aliphatic carbocycles. The molecule has 96 valence electrons. The number of nitrogens with two attached hydrogens (primary N) is 1. The summed E-state index contributed by atoms with van der Waals surface area (Å²) in [6, 6.07) is 9.44. The maximum absolute atomic E-state index is 5.96. The SMILES string of the molecule is NC1CC=C(CC2CCCc3ccccc32)CC1. The third kappa shape index (κ3) is 2.51. The van der Waals surface area contributed by atoms with Gasteiger partial charge in [0.15, 0.2) is 0 Å². The summed E-state index contributed by atoms with van der Waals surface area (Å²) in [4.78, 5) is 0. The molecule has 3 rings (SSSR count). The van der Waals surface area contributed by atoms with Crippen LogP contribution in [0.1, 0.15) is 55.6 Å². The van der Waals surface area contributed by atoms with Gasteiger partial charge in [-0.1, -0.05) is 35.9 Å². The molecule has 0 aliphatic heterocycles. The molecule has 0 bridgehead atoms. The third-order valence-electron chi connectivity index (χ3n) is 4.55. The molecular weight excluding hydrogens is 218 g/mol. The van der Waals surface area contributed by atoms with Gasteiger partial charge in [0.05, 0.1) is 0 Å². The Morgan fingerprint density at radius 3 is 2.83 bits per heavy atom. The molecule has 0 saturated carbocycles. The maximum Gasteiger partial charge on any atom is 0.00765 e. The second-order valence-electron chi connectivity index (χ2n) is 5.89. The standard InChI is InChI=1S/C17H23N/c18-16-10-8-13(9-11-16)12-15-6-3-5-14-4-1-2-7-17(14)15/h1-2,4,7-8,15-16H,3,5-6,9-12,18H2. The van der Waals surface area contributed by atoms with Crippen molar-refractivity contribution in [2.45, 2.75) is 56.9 Å². The van der Waals surface area contributed by atoms with E-state index in [4.69, 9.17) is 5.73 Å². The van der Waals surface area contributed by atoms with Crippen LogP contribution < -0.4 is 5.73 Å². The average molecular weight is 241 g/mol. The molecule has 2 aliphatic rings. The fourth-order valence-electron chi connectivity index (χ4n) is 3.48. The zero-order valence-corrected chi connectivity index (χ0v) is 11.1. The first-order valence-electron chi connectivity index (χ1n) is 7.34. The quantitative estimate of drug-likeness (QED) is 0.780. The maximum atomic E-state index is 5.96. The molecule has 0 radical (unpaired) electrons. The molecule has 0 saturated heterocycles. The van der Waals surface area contributed by atoms with Gasteiger partial charge in [-0.2, -0.15) is 0 Å². The van der Waals surface area contributed by atoms with Crippen LogP contribution in [0.4, 0.5) is 0 Å². The molecule has 1 nitrogen and oxygen atoms in total. The van der Waals surface area contributed by atoms with Crippen LogP contribution in [0, 0.1) is 0 Å². The molecular formula is C17H23N. The lowest BCUT2D eigenvalue weighted by Crippen LogP contribution is -2.22. The van der Waals surface area contributed by atoms with Gasteiger partial charge < -0.3 is 5.73 Å².